The van der Waals surface area contributed by atoms with E-state index >= 15 is 0 Å². The molecule has 5 rings (SSSR count). The largest absolute Gasteiger partial charge is 0.481 e. The number of benzene rings is 3. The minimum Gasteiger partial charge on any atom is -0.481 e. The SMILES string of the molecule is O=C1c2ccccc2O[C@@H](c2ccccc2)[C@@]12OC2c1ccc(Br)cc1. The van der Waals surface area contributed by atoms with Crippen LogP contribution < -0.4 is 4.74 Å². The van der Waals surface area contributed by atoms with Crippen LogP contribution in [0.15, 0.2) is 83.3 Å². The first-order chi connectivity index (χ1) is 12.7. The second-order valence-electron chi connectivity index (χ2n) is 6.58. The molecule has 0 aliphatic carbocycles. The number of fused-ring (bicyclic) bond motifs is 1. The third-order valence-electron chi connectivity index (χ3n) is 5.04. The van der Waals surface area contributed by atoms with Crippen molar-refractivity contribution in [2.24, 2.45) is 0 Å². The molecule has 0 saturated carbocycles. The Bertz CT molecular complexity index is 984. The molecule has 0 aromatic heterocycles. The van der Waals surface area contributed by atoms with Crippen LogP contribution in [0, 0.1) is 0 Å². The van der Waals surface area contributed by atoms with Crippen molar-refractivity contribution < 1.29 is 14.3 Å². The summed E-state index contributed by atoms with van der Waals surface area (Å²) in [6.07, 6.45) is -0.790. The van der Waals surface area contributed by atoms with Gasteiger partial charge in [0, 0.05) is 4.47 Å². The number of Topliss-reactive ketones (excluding diaryl/α,β-unsaturated/α-hetero) is 1. The van der Waals surface area contributed by atoms with Gasteiger partial charge in [0.1, 0.15) is 11.9 Å². The Kier molecular flexibility index (Phi) is 3.52. The number of carbonyl (C=O) groups is 1. The molecule has 3 aromatic carbocycles. The predicted molar refractivity (Wildman–Crippen MR) is 101 cm³/mol. The average Bonchev–Trinajstić information content (AvgIpc) is 3.42. The standard InChI is InChI=1S/C22H15BrO3/c23-16-12-10-15(11-13-16)21-22(26-21)19(24)17-8-4-5-9-18(17)25-20(22)14-6-2-1-3-7-14/h1-13,20-21H/t20-,21?,22-/m0/s1. The van der Waals surface area contributed by atoms with Gasteiger partial charge in [-0.05, 0) is 35.4 Å². The zero-order chi connectivity index (χ0) is 17.7. The first-order valence-electron chi connectivity index (χ1n) is 8.49. The highest BCUT2D eigenvalue weighted by atomic mass is 79.9. The van der Waals surface area contributed by atoms with E-state index in [1.165, 1.54) is 0 Å². The highest BCUT2D eigenvalue weighted by Crippen LogP contribution is 2.61. The number of hydrogen-bond acceptors (Lipinski definition) is 3. The van der Waals surface area contributed by atoms with Gasteiger partial charge in [-0.2, -0.15) is 0 Å². The number of epoxide rings is 1. The average molecular weight is 407 g/mol. The van der Waals surface area contributed by atoms with Crippen LogP contribution >= 0.6 is 15.9 Å². The highest BCUT2D eigenvalue weighted by molar-refractivity contribution is 9.10. The van der Waals surface area contributed by atoms with Gasteiger partial charge >= 0.3 is 0 Å². The van der Waals surface area contributed by atoms with E-state index in [1.54, 1.807) is 6.07 Å². The lowest BCUT2D eigenvalue weighted by molar-refractivity contribution is 0.0523. The third-order valence-corrected chi connectivity index (χ3v) is 5.57. The summed E-state index contributed by atoms with van der Waals surface area (Å²) in [5, 5.41) is 0. The molecular formula is C22H15BrO3. The molecule has 0 N–H and O–H groups in total. The van der Waals surface area contributed by atoms with Crippen molar-refractivity contribution in [2.75, 3.05) is 0 Å². The van der Waals surface area contributed by atoms with Crippen LogP contribution in [0.2, 0.25) is 0 Å². The van der Waals surface area contributed by atoms with Gasteiger partial charge in [-0.1, -0.05) is 70.5 Å². The quantitative estimate of drug-likeness (QED) is 0.543. The number of ether oxygens (including phenoxy) is 2. The second-order valence-corrected chi connectivity index (χ2v) is 7.49. The fraction of sp³-hybridized carbons (Fsp3) is 0.136. The molecule has 1 unspecified atom stereocenters. The number of rotatable bonds is 2. The monoisotopic (exact) mass is 406 g/mol. The van der Waals surface area contributed by atoms with Crippen molar-refractivity contribution in [3.05, 3.63) is 100 Å². The molecule has 1 saturated heterocycles. The minimum atomic E-state index is -1.01. The van der Waals surface area contributed by atoms with Crippen molar-refractivity contribution in [1.29, 1.82) is 0 Å². The maximum absolute atomic E-state index is 13.4. The van der Waals surface area contributed by atoms with Gasteiger partial charge in [0.05, 0.1) is 5.56 Å². The van der Waals surface area contributed by atoms with Gasteiger partial charge in [-0.3, -0.25) is 4.79 Å². The van der Waals surface area contributed by atoms with E-state index in [4.69, 9.17) is 9.47 Å². The Balaban J connectivity index is 1.64. The zero-order valence-corrected chi connectivity index (χ0v) is 15.3. The number of carbonyl (C=O) groups excluding carboxylic acids is 1. The van der Waals surface area contributed by atoms with Crippen LogP contribution in [0.1, 0.15) is 33.7 Å². The van der Waals surface area contributed by atoms with Crippen molar-refractivity contribution in [2.45, 2.75) is 17.8 Å². The molecule has 0 amide bonds. The van der Waals surface area contributed by atoms with Gasteiger partial charge < -0.3 is 9.47 Å². The minimum absolute atomic E-state index is 0.0129. The lowest BCUT2D eigenvalue weighted by Gasteiger charge is -2.31. The van der Waals surface area contributed by atoms with Crippen LogP contribution in [-0.4, -0.2) is 11.4 Å². The Morgan fingerprint density at radius 1 is 0.769 bits per heavy atom. The summed E-state index contributed by atoms with van der Waals surface area (Å²) in [6.45, 7) is 0. The smallest absolute Gasteiger partial charge is 0.205 e. The predicted octanol–water partition coefficient (Wildman–Crippen LogP) is 5.28. The molecule has 3 aromatic rings. The molecule has 2 heterocycles. The van der Waals surface area contributed by atoms with E-state index in [2.05, 4.69) is 15.9 Å². The summed E-state index contributed by atoms with van der Waals surface area (Å²) >= 11 is 3.45. The fourth-order valence-corrected chi connectivity index (χ4v) is 3.99. The molecule has 4 heteroatoms. The molecule has 0 bridgehead atoms. The summed E-state index contributed by atoms with van der Waals surface area (Å²) in [4.78, 5) is 13.4. The van der Waals surface area contributed by atoms with Crippen molar-refractivity contribution in [3.8, 4) is 5.75 Å². The first-order valence-corrected chi connectivity index (χ1v) is 9.28. The van der Waals surface area contributed by atoms with Gasteiger partial charge in [0.2, 0.25) is 11.4 Å². The third kappa shape index (κ3) is 2.26. The van der Waals surface area contributed by atoms with E-state index in [0.29, 0.717) is 11.3 Å². The van der Waals surface area contributed by atoms with Crippen molar-refractivity contribution >= 4 is 21.7 Å². The van der Waals surface area contributed by atoms with Gasteiger partial charge in [-0.15, -0.1) is 0 Å². The lowest BCUT2D eigenvalue weighted by Crippen LogP contribution is -2.40. The maximum atomic E-state index is 13.4. The van der Waals surface area contributed by atoms with Crippen LogP contribution in [0.25, 0.3) is 0 Å². The topological polar surface area (TPSA) is 38.8 Å². The Morgan fingerprint density at radius 3 is 2.19 bits per heavy atom. The van der Waals surface area contributed by atoms with E-state index in [1.807, 2.05) is 72.8 Å². The summed E-state index contributed by atoms with van der Waals surface area (Å²) in [7, 11) is 0. The Morgan fingerprint density at radius 2 is 1.42 bits per heavy atom. The van der Waals surface area contributed by atoms with Crippen LogP contribution in [-0.2, 0) is 4.74 Å². The first kappa shape index (κ1) is 15.8. The molecule has 2 aliphatic heterocycles. The van der Waals surface area contributed by atoms with Crippen molar-refractivity contribution in [3.63, 3.8) is 0 Å². The van der Waals surface area contributed by atoms with Crippen LogP contribution in [0.4, 0.5) is 0 Å². The van der Waals surface area contributed by atoms with E-state index in [-0.39, 0.29) is 11.9 Å². The van der Waals surface area contributed by atoms with Gasteiger partial charge in [0.25, 0.3) is 0 Å². The Hall–Kier alpha value is -2.43. The number of ketones is 1. The fourth-order valence-electron chi connectivity index (χ4n) is 3.73. The van der Waals surface area contributed by atoms with Crippen LogP contribution in [0.5, 0.6) is 5.75 Å². The van der Waals surface area contributed by atoms with E-state index in [9.17, 15) is 4.79 Å². The molecule has 1 spiro atoms. The highest BCUT2D eigenvalue weighted by Gasteiger charge is 2.71. The lowest BCUT2D eigenvalue weighted by atomic mass is 9.81. The van der Waals surface area contributed by atoms with Gasteiger partial charge in [-0.25, -0.2) is 0 Å². The molecule has 1 fully saturated rings. The second kappa shape index (κ2) is 5.79. The Labute approximate surface area is 159 Å². The number of halogens is 1. The van der Waals surface area contributed by atoms with E-state index in [0.717, 1.165) is 15.6 Å². The summed E-state index contributed by atoms with van der Waals surface area (Å²) in [6, 6.07) is 25.1. The number of hydrogen-bond donors (Lipinski definition) is 0. The molecule has 2 aliphatic rings. The van der Waals surface area contributed by atoms with E-state index < -0.39 is 11.7 Å². The summed E-state index contributed by atoms with van der Waals surface area (Å²) in [5.74, 6) is 0.600. The zero-order valence-electron chi connectivity index (χ0n) is 13.8. The molecule has 3 nitrogen and oxygen atoms in total. The normalized spacial score (nSPS) is 26.3. The molecule has 0 radical (unpaired) electrons. The summed E-state index contributed by atoms with van der Waals surface area (Å²) < 4.78 is 13.4. The molecule has 128 valence electrons. The summed E-state index contributed by atoms with van der Waals surface area (Å²) in [5.41, 5.74) is 1.49. The number of para-hydroxylation sites is 1. The molecule has 26 heavy (non-hydrogen) atoms. The van der Waals surface area contributed by atoms with Gasteiger partial charge in [0.15, 0.2) is 6.10 Å². The molecular weight excluding hydrogens is 392 g/mol. The molecule has 3 atom stereocenters. The van der Waals surface area contributed by atoms with Crippen molar-refractivity contribution in [1.82, 2.24) is 0 Å². The van der Waals surface area contributed by atoms with Crippen LogP contribution in [0.3, 0.4) is 0 Å². The maximum Gasteiger partial charge on any atom is 0.205 e.